The first-order valence-corrected chi connectivity index (χ1v) is 13.8. The number of amides is 1. The van der Waals surface area contributed by atoms with Crippen LogP contribution in [0, 0.1) is 0 Å². The fourth-order valence-electron chi connectivity index (χ4n) is 3.90. The molecule has 0 spiro atoms. The Kier molecular flexibility index (Phi) is 6.95. The Hall–Kier alpha value is -3.59. The molecule has 0 saturated carbocycles. The Morgan fingerprint density at radius 2 is 1.86 bits per heavy atom. The summed E-state index contributed by atoms with van der Waals surface area (Å²) < 4.78 is 59.7. The number of alkyl halides is 3. The van der Waals surface area contributed by atoms with E-state index in [0.29, 0.717) is 53.6 Å². The molecule has 1 aliphatic rings. The summed E-state index contributed by atoms with van der Waals surface area (Å²) in [5.74, 6) is -0.397. The summed E-state index contributed by atoms with van der Waals surface area (Å²) in [5, 5.41) is 8.77. The molecule has 0 radical (unpaired) electrons. The standard InChI is InChI=1S/C24H25F3N5O3P/c1-4-28-22(33)15-9-10-18(20-14(15)11-12-35-20)31-23-29-13-16(24(25,26)27)21(32-23)30-17-7-5-6-8-19(17)36(2,3)34/h5-10,13H,4,11-12H2,1-3H3,(H,28,33)(H2,29,30,31,32). The van der Waals surface area contributed by atoms with Crippen molar-refractivity contribution < 1.29 is 27.3 Å². The Bertz CT molecular complexity index is 1360. The van der Waals surface area contributed by atoms with Crippen LogP contribution in [0.2, 0.25) is 0 Å². The van der Waals surface area contributed by atoms with Crippen LogP contribution in [0.25, 0.3) is 0 Å². The van der Waals surface area contributed by atoms with Gasteiger partial charge < -0.3 is 25.3 Å². The molecule has 12 heteroatoms. The summed E-state index contributed by atoms with van der Waals surface area (Å²) in [7, 11) is -2.79. The number of nitrogens with one attached hydrogen (secondary N) is 3. The average molecular weight is 519 g/mol. The lowest BCUT2D eigenvalue weighted by Gasteiger charge is -2.18. The highest BCUT2D eigenvalue weighted by atomic mass is 31.2. The number of aromatic nitrogens is 2. The van der Waals surface area contributed by atoms with E-state index in [1.165, 1.54) is 13.3 Å². The first-order chi connectivity index (χ1) is 17.0. The topological polar surface area (TPSA) is 105 Å². The fraction of sp³-hybridized carbons (Fsp3) is 0.292. The third kappa shape index (κ3) is 5.31. The summed E-state index contributed by atoms with van der Waals surface area (Å²) in [4.78, 5) is 20.3. The van der Waals surface area contributed by atoms with Gasteiger partial charge in [-0.3, -0.25) is 4.79 Å². The maximum absolute atomic E-state index is 13.8. The number of hydrogen-bond acceptors (Lipinski definition) is 7. The van der Waals surface area contributed by atoms with Gasteiger partial charge >= 0.3 is 6.18 Å². The summed E-state index contributed by atoms with van der Waals surface area (Å²) in [6.45, 7) is 5.73. The quantitative estimate of drug-likeness (QED) is 0.381. The number of anilines is 4. The predicted octanol–water partition coefficient (Wildman–Crippen LogP) is 4.92. The van der Waals surface area contributed by atoms with Gasteiger partial charge in [0.05, 0.1) is 18.0 Å². The van der Waals surface area contributed by atoms with Gasteiger partial charge in [0, 0.05) is 35.6 Å². The summed E-state index contributed by atoms with van der Waals surface area (Å²) in [6.07, 6.45) is -3.53. The molecule has 0 fully saturated rings. The van der Waals surface area contributed by atoms with Crippen molar-refractivity contribution in [1.82, 2.24) is 15.3 Å². The number of carbonyl (C=O) groups is 1. The SMILES string of the molecule is CCNC(=O)c1ccc(Nc2ncc(C(F)(F)F)c(Nc3ccccc3P(C)(C)=O)n2)c2c1CCO2. The number of benzene rings is 2. The second-order valence-corrected chi connectivity index (χ2v) is 11.7. The van der Waals surface area contributed by atoms with Crippen molar-refractivity contribution >= 4 is 41.5 Å². The highest BCUT2D eigenvalue weighted by Gasteiger charge is 2.36. The Balaban J connectivity index is 1.72. The van der Waals surface area contributed by atoms with Gasteiger partial charge in [-0.2, -0.15) is 18.2 Å². The molecular weight excluding hydrogens is 494 g/mol. The normalized spacial score (nSPS) is 13.1. The zero-order chi connectivity index (χ0) is 26.1. The average Bonchev–Trinajstić information content (AvgIpc) is 3.29. The van der Waals surface area contributed by atoms with Crippen LogP contribution in [0.4, 0.5) is 36.3 Å². The fourth-order valence-corrected chi connectivity index (χ4v) is 5.06. The number of carbonyl (C=O) groups excluding carboxylic acids is 1. The molecule has 0 bridgehead atoms. The molecule has 36 heavy (non-hydrogen) atoms. The first-order valence-electron chi connectivity index (χ1n) is 11.2. The molecule has 1 amide bonds. The lowest BCUT2D eigenvalue weighted by Crippen LogP contribution is -2.23. The van der Waals surface area contributed by atoms with E-state index in [9.17, 15) is 22.5 Å². The highest BCUT2D eigenvalue weighted by molar-refractivity contribution is 7.70. The van der Waals surface area contributed by atoms with Crippen LogP contribution >= 0.6 is 7.14 Å². The van der Waals surface area contributed by atoms with Crippen molar-refractivity contribution in [2.45, 2.75) is 19.5 Å². The maximum atomic E-state index is 13.8. The highest BCUT2D eigenvalue weighted by Crippen LogP contribution is 2.41. The van der Waals surface area contributed by atoms with Crippen LogP contribution in [0.15, 0.2) is 42.6 Å². The molecule has 0 aliphatic carbocycles. The van der Waals surface area contributed by atoms with Crippen LogP contribution in [0.3, 0.4) is 0 Å². The van der Waals surface area contributed by atoms with Crippen molar-refractivity contribution in [3.8, 4) is 5.75 Å². The Morgan fingerprint density at radius 3 is 2.56 bits per heavy atom. The number of nitrogens with zero attached hydrogens (tertiary/aromatic N) is 2. The molecule has 4 rings (SSSR count). The van der Waals surface area contributed by atoms with Crippen LogP contribution in [-0.2, 0) is 17.2 Å². The third-order valence-electron chi connectivity index (χ3n) is 5.52. The zero-order valence-corrected chi connectivity index (χ0v) is 20.8. The molecule has 8 nitrogen and oxygen atoms in total. The van der Waals surface area contributed by atoms with Crippen LogP contribution in [0.5, 0.6) is 5.75 Å². The Morgan fingerprint density at radius 1 is 1.11 bits per heavy atom. The minimum Gasteiger partial charge on any atom is -0.491 e. The van der Waals surface area contributed by atoms with Gasteiger partial charge in [-0.25, -0.2) is 4.98 Å². The van der Waals surface area contributed by atoms with E-state index in [4.69, 9.17) is 4.74 Å². The van der Waals surface area contributed by atoms with Gasteiger partial charge in [0.2, 0.25) is 5.95 Å². The van der Waals surface area contributed by atoms with Crippen molar-refractivity contribution in [2.24, 2.45) is 0 Å². The maximum Gasteiger partial charge on any atom is 0.421 e. The number of ether oxygens (including phenoxy) is 1. The van der Waals surface area contributed by atoms with Crippen LogP contribution < -0.4 is 26.0 Å². The van der Waals surface area contributed by atoms with E-state index in [0.717, 1.165) is 0 Å². The number of halogens is 3. The van der Waals surface area contributed by atoms with Gasteiger partial charge in [-0.05, 0) is 44.5 Å². The summed E-state index contributed by atoms with van der Waals surface area (Å²) >= 11 is 0. The molecule has 0 unspecified atom stereocenters. The van der Waals surface area contributed by atoms with Gasteiger partial charge in [-0.1, -0.05) is 12.1 Å². The van der Waals surface area contributed by atoms with E-state index in [2.05, 4.69) is 25.9 Å². The summed E-state index contributed by atoms with van der Waals surface area (Å²) in [6, 6.07) is 9.68. The monoisotopic (exact) mass is 519 g/mol. The second-order valence-electron chi connectivity index (χ2n) is 8.50. The molecule has 2 aromatic carbocycles. The molecule has 1 aliphatic heterocycles. The van der Waals surface area contributed by atoms with Gasteiger partial charge in [0.15, 0.2) is 0 Å². The van der Waals surface area contributed by atoms with Crippen molar-refractivity contribution in [3.05, 3.63) is 59.3 Å². The van der Waals surface area contributed by atoms with Gasteiger partial charge in [0.1, 0.15) is 24.3 Å². The number of hydrogen-bond donors (Lipinski definition) is 3. The van der Waals surface area contributed by atoms with Crippen LogP contribution in [-0.4, -0.2) is 42.4 Å². The predicted molar refractivity (Wildman–Crippen MR) is 133 cm³/mol. The van der Waals surface area contributed by atoms with Crippen molar-refractivity contribution in [3.63, 3.8) is 0 Å². The molecular formula is C24H25F3N5O3P. The number of fused-ring (bicyclic) bond motifs is 1. The minimum absolute atomic E-state index is 0.109. The van der Waals surface area contributed by atoms with Crippen LogP contribution in [0.1, 0.15) is 28.4 Å². The zero-order valence-electron chi connectivity index (χ0n) is 19.9. The lowest BCUT2D eigenvalue weighted by atomic mass is 10.0. The molecule has 1 aromatic heterocycles. The lowest BCUT2D eigenvalue weighted by molar-refractivity contribution is -0.137. The van der Waals surface area contributed by atoms with Gasteiger partial charge in [-0.15, -0.1) is 0 Å². The van der Waals surface area contributed by atoms with E-state index in [1.807, 2.05) is 6.92 Å². The van der Waals surface area contributed by atoms with Gasteiger partial charge in [0.25, 0.3) is 5.91 Å². The molecule has 2 heterocycles. The third-order valence-corrected chi connectivity index (χ3v) is 7.07. The van der Waals surface area contributed by atoms with E-state index in [-0.39, 0.29) is 17.5 Å². The minimum atomic E-state index is -4.73. The van der Waals surface area contributed by atoms with Crippen molar-refractivity contribution in [2.75, 3.05) is 37.1 Å². The largest absolute Gasteiger partial charge is 0.491 e. The Labute approximate surface area is 206 Å². The number of para-hydroxylation sites is 1. The molecule has 3 aromatic rings. The number of rotatable bonds is 7. The first kappa shape index (κ1) is 25.5. The smallest absolute Gasteiger partial charge is 0.421 e. The van der Waals surface area contributed by atoms with E-state index < -0.39 is 24.7 Å². The molecule has 3 N–H and O–H groups in total. The molecule has 190 valence electrons. The summed E-state index contributed by atoms with van der Waals surface area (Å²) in [5.41, 5.74) is 0.792. The second kappa shape index (κ2) is 9.81. The van der Waals surface area contributed by atoms with E-state index in [1.54, 1.807) is 36.4 Å². The van der Waals surface area contributed by atoms with E-state index >= 15 is 0 Å². The molecule has 0 saturated heterocycles. The van der Waals surface area contributed by atoms with Crippen molar-refractivity contribution in [1.29, 1.82) is 0 Å². The molecule has 0 atom stereocenters.